The molecule has 32 heavy (non-hydrogen) atoms. The van der Waals surface area contributed by atoms with E-state index in [1.165, 1.54) is 0 Å². The molecule has 2 N–H and O–H groups in total. The molecule has 2 aromatic rings. The van der Waals surface area contributed by atoms with Gasteiger partial charge in [-0.3, -0.25) is 9.80 Å². The van der Waals surface area contributed by atoms with E-state index in [1.54, 1.807) is 22.2 Å². The average molecular weight is 435 g/mol. The number of aliphatic hydroxyl groups is 2. The molecule has 0 unspecified atom stereocenters. The van der Waals surface area contributed by atoms with Gasteiger partial charge in [0.2, 0.25) is 0 Å². The Labute approximate surface area is 191 Å². The van der Waals surface area contributed by atoms with E-state index in [2.05, 4.69) is 0 Å². The summed E-state index contributed by atoms with van der Waals surface area (Å²) in [5.74, 6) is 0. The Bertz CT molecular complexity index is 870. The van der Waals surface area contributed by atoms with Gasteiger partial charge in [-0.1, -0.05) is 71.8 Å². The second-order valence-electron chi connectivity index (χ2n) is 9.01. The van der Waals surface area contributed by atoms with E-state index in [1.807, 2.05) is 88.4 Å². The van der Waals surface area contributed by atoms with E-state index >= 15 is 0 Å². The summed E-state index contributed by atoms with van der Waals surface area (Å²) in [7, 11) is 0. The van der Waals surface area contributed by atoms with Crippen LogP contribution in [-0.2, 0) is 12.8 Å². The first kappa shape index (κ1) is 23.8. The highest BCUT2D eigenvalue weighted by Crippen LogP contribution is 2.28. The van der Waals surface area contributed by atoms with Gasteiger partial charge in [-0.15, -0.1) is 0 Å². The monoisotopic (exact) mass is 434 g/mol. The minimum Gasteiger partial charge on any atom is -0.388 e. The molecular weight excluding hydrogens is 400 g/mol. The fourth-order valence-electron chi connectivity index (χ4n) is 4.21. The van der Waals surface area contributed by atoms with Crippen LogP contribution in [0.2, 0.25) is 0 Å². The maximum atomic E-state index is 13.8. The molecule has 0 bridgehead atoms. The lowest BCUT2D eigenvalue weighted by Gasteiger charge is -2.32. The Morgan fingerprint density at radius 1 is 0.719 bits per heavy atom. The van der Waals surface area contributed by atoms with E-state index in [4.69, 9.17) is 0 Å². The first-order chi connectivity index (χ1) is 15.3. The number of urea groups is 1. The quantitative estimate of drug-likeness (QED) is 0.703. The van der Waals surface area contributed by atoms with Gasteiger partial charge in [0.1, 0.15) is 12.2 Å². The number of amides is 2. The summed E-state index contributed by atoms with van der Waals surface area (Å²) < 4.78 is 0. The Balaban J connectivity index is 2.08. The topological polar surface area (TPSA) is 64.0 Å². The molecule has 1 aliphatic heterocycles. The third kappa shape index (κ3) is 5.67. The first-order valence-corrected chi connectivity index (χ1v) is 11.1. The molecule has 0 aliphatic carbocycles. The summed E-state index contributed by atoms with van der Waals surface area (Å²) in [4.78, 5) is 17.0. The SMILES string of the molecule is CC(C)=CN1C(=O)N(C=C(C)C)[C@H](Cc2ccccc2)[C@H](O)[C@@H](O)[C@H]1Cc1ccccc1. The van der Waals surface area contributed by atoms with Gasteiger partial charge < -0.3 is 10.2 Å². The van der Waals surface area contributed by atoms with Crippen LogP contribution < -0.4 is 0 Å². The third-order valence-corrected chi connectivity index (χ3v) is 5.66. The smallest absolute Gasteiger partial charge is 0.328 e. The maximum absolute atomic E-state index is 13.8. The molecule has 5 nitrogen and oxygen atoms in total. The van der Waals surface area contributed by atoms with Crippen LogP contribution in [0.3, 0.4) is 0 Å². The van der Waals surface area contributed by atoms with Crippen molar-refractivity contribution in [1.82, 2.24) is 9.80 Å². The number of hydrogen-bond acceptors (Lipinski definition) is 3. The van der Waals surface area contributed by atoms with Crippen LogP contribution in [-0.4, -0.2) is 50.3 Å². The predicted octanol–water partition coefficient (Wildman–Crippen LogP) is 4.52. The van der Waals surface area contributed by atoms with E-state index in [9.17, 15) is 15.0 Å². The van der Waals surface area contributed by atoms with E-state index in [0.29, 0.717) is 12.8 Å². The molecule has 0 saturated carbocycles. The summed E-state index contributed by atoms with van der Waals surface area (Å²) in [6.07, 6.45) is 2.22. The highest BCUT2D eigenvalue weighted by Gasteiger charge is 2.45. The molecule has 0 aromatic heterocycles. The van der Waals surface area contributed by atoms with Crippen molar-refractivity contribution in [3.05, 3.63) is 95.3 Å². The largest absolute Gasteiger partial charge is 0.388 e. The van der Waals surface area contributed by atoms with Gasteiger partial charge in [0, 0.05) is 12.4 Å². The van der Waals surface area contributed by atoms with Crippen LogP contribution in [0, 0.1) is 0 Å². The number of rotatable bonds is 6. The Morgan fingerprint density at radius 3 is 1.38 bits per heavy atom. The van der Waals surface area contributed by atoms with Crippen molar-refractivity contribution in [2.24, 2.45) is 0 Å². The van der Waals surface area contributed by atoms with E-state index < -0.39 is 24.3 Å². The van der Waals surface area contributed by atoms with Crippen LogP contribution in [0.1, 0.15) is 38.8 Å². The molecule has 4 atom stereocenters. The number of allylic oxidation sites excluding steroid dienone is 2. The van der Waals surface area contributed by atoms with Crippen LogP contribution in [0.5, 0.6) is 0 Å². The van der Waals surface area contributed by atoms with Crippen molar-refractivity contribution in [2.45, 2.75) is 64.8 Å². The van der Waals surface area contributed by atoms with E-state index in [-0.39, 0.29) is 6.03 Å². The van der Waals surface area contributed by atoms with Crippen molar-refractivity contribution < 1.29 is 15.0 Å². The zero-order valence-electron chi connectivity index (χ0n) is 19.3. The summed E-state index contributed by atoms with van der Waals surface area (Å²) in [6.45, 7) is 7.70. The lowest BCUT2D eigenvalue weighted by atomic mass is 9.91. The van der Waals surface area contributed by atoms with Crippen molar-refractivity contribution >= 4 is 6.03 Å². The second-order valence-corrected chi connectivity index (χ2v) is 9.01. The molecule has 0 radical (unpaired) electrons. The lowest BCUT2D eigenvalue weighted by Crippen LogP contribution is -2.49. The minimum absolute atomic E-state index is 0.245. The Kier molecular flexibility index (Phi) is 7.89. The highest BCUT2D eigenvalue weighted by atomic mass is 16.3. The van der Waals surface area contributed by atoms with E-state index in [0.717, 1.165) is 22.3 Å². The molecule has 0 spiro atoms. The molecule has 5 heteroatoms. The summed E-state index contributed by atoms with van der Waals surface area (Å²) in [5.41, 5.74) is 3.88. The van der Waals surface area contributed by atoms with Gasteiger partial charge in [0.25, 0.3) is 0 Å². The zero-order chi connectivity index (χ0) is 23.3. The van der Waals surface area contributed by atoms with Crippen molar-refractivity contribution in [1.29, 1.82) is 0 Å². The van der Waals surface area contributed by atoms with Crippen LogP contribution in [0.4, 0.5) is 4.79 Å². The number of carbonyl (C=O) groups excluding carboxylic acids is 1. The standard InChI is InChI=1S/C27H34N2O3/c1-19(2)17-28-23(15-21-11-7-5-8-12-21)25(30)26(31)24(16-22-13-9-6-10-14-22)29(27(28)32)18-20(3)4/h5-14,17-18,23-26,30-31H,15-16H2,1-4H3/t23-,24-,25+,26+/m1/s1. The fraction of sp³-hybridized carbons (Fsp3) is 0.370. The first-order valence-electron chi connectivity index (χ1n) is 11.1. The van der Waals surface area contributed by atoms with Gasteiger partial charge in [0.15, 0.2) is 0 Å². The van der Waals surface area contributed by atoms with Crippen molar-refractivity contribution in [2.75, 3.05) is 0 Å². The number of nitrogens with zero attached hydrogens (tertiary/aromatic N) is 2. The molecule has 1 aliphatic rings. The Morgan fingerprint density at radius 2 is 1.06 bits per heavy atom. The number of aliphatic hydroxyl groups excluding tert-OH is 2. The number of hydrogen-bond donors (Lipinski definition) is 2. The molecule has 170 valence electrons. The molecule has 1 heterocycles. The minimum atomic E-state index is -1.11. The van der Waals surface area contributed by atoms with Crippen LogP contribution >= 0.6 is 0 Å². The van der Waals surface area contributed by atoms with Crippen molar-refractivity contribution in [3.63, 3.8) is 0 Å². The Hall–Kier alpha value is -2.89. The van der Waals surface area contributed by atoms with Gasteiger partial charge in [-0.05, 0) is 51.7 Å². The summed E-state index contributed by atoms with van der Waals surface area (Å²) in [5, 5.41) is 22.7. The normalized spacial score (nSPS) is 23.5. The highest BCUT2D eigenvalue weighted by molar-refractivity contribution is 5.78. The zero-order valence-corrected chi connectivity index (χ0v) is 19.3. The van der Waals surface area contributed by atoms with Crippen LogP contribution in [0.25, 0.3) is 0 Å². The van der Waals surface area contributed by atoms with Gasteiger partial charge in [-0.25, -0.2) is 4.79 Å². The average Bonchev–Trinajstić information content (AvgIpc) is 2.82. The predicted molar refractivity (Wildman–Crippen MR) is 128 cm³/mol. The molecular formula is C27H34N2O3. The van der Waals surface area contributed by atoms with Gasteiger partial charge in [0.05, 0.1) is 12.1 Å². The van der Waals surface area contributed by atoms with Crippen LogP contribution in [0.15, 0.2) is 84.2 Å². The maximum Gasteiger partial charge on any atom is 0.328 e. The number of benzene rings is 2. The molecule has 3 rings (SSSR count). The molecule has 2 amide bonds. The molecule has 1 fully saturated rings. The lowest BCUT2D eigenvalue weighted by molar-refractivity contribution is -0.0323. The van der Waals surface area contributed by atoms with Crippen molar-refractivity contribution in [3.8, 4) is 0 Å². The molecule has 2 aromatic carbocycles. The van der Waals surface area contributed by atoms with Gasteiger partial charge in [-0.2, -0.15) is 0 Å². The third-order valence-electron chi connectivity index (χ3n) is 5.66. The fourth-order valence-corrected chi connectivity index (χ4v) is 4.21. The number of carbonyl (C=O) groups is 1. The van der Waals surface area contributed by atoms with Gasteiger partial charge >= 0.3 is 6.03 Å². The molecule has 1 saturated heterocycles. The summed E-state index contributed by atoms with van der Waals surface area (Å²) in [6, 6.07) is 18.1. The second kappa shape index (κ2) is 10.6. The summed E-state index contributed by atoms with van der Waals surface area (Å²) >= 11 is 0.